The van der Waals surface area contributed by atoms with Crippen LogP contribution in [0.1, 0.15) is 21.5 Å². The summed E-state index contributed by atoms with van der Waals surface area (Å²) in [6.07, 6.45) is 3.34. The van der Waals surface area contributed by atoms with E-state index in [0.717, 1.165) is 11.1 Å². The number of aromatic nitrogens is 1. The Hall–Kier alpha value is -2.36. The Bertz CT molecular complexity index is 553. The van der Waals surface area contributed by atoms with Crippen molar-refractivity contribution in [3.05, 3.63) is 59.4 Å². The normalized spacial score (nSPS) is 10.1. The predicted octanol–water partition coefficient (Wildman–Crippen LogP) is 2.03. The third-order valence-corrected chi connectivity index (χ3v) is 2.60. The van der Waals surface area contributed by atoms with Gasteiger partial charge in [0, 0.05) is 18.9 Å². The molecular formula is C14H14N2O2. The molecule has 1 heterocycles. The largest absolute Gasteiger partial charge is 0.507 e. The Balaban J connectivity index is 2.04. The molecule has 92 valence electrons. The third kappa shape index (κ3) is 2.85. The third-order valence-electron chi connectivity index (χ3n) is 2.60. The van der Waals surface area contributed by atoms with E-state index < -0.39 is 0 Å². The molecule has 2 aromatic rings. The van der Waals surface area contributed by atoms with Gasteiger partial charge < -0.3 is 10.4 Å². The summed E-state index contributed by atoms with van der Waals surface area (Å²) in [7, 11) is 0. The van der Waals surface area contributed by atoms with Gasteiger partial charge in [-0.05, 0) is 42.3 Å². The summed E-state index contributed by atoms with van der Waals surface area (Å²) in [6, 6.07) is 8.64. The summed E-state index contributed by atoms with van der Waals surface area (Å²) < 4.78 is 0. The monoisotopic (exact) mass is 242 g/mol. The summed E-state index contributed by atoms with van der Waals surface area (Å²) in [5.74, 6) is -0.286. The van der Waals surface area contributed by atoms with Crippen LogP contribution in [0.2, 0.25) is 0 Å². The topological polar surface area (TPSA) is 62.2 Å². The quantitative estimate of drug-likeness (QED) is 0.865. The lowest BCUT2D eigenvalue weighted by molar-refractivity contribution is 0.0948. The molecule has 0 bridgehead atoms. The maximum Gasteiger partial charge on any atom is 0.255 e. The van der Waals surface area contributed by atoms with E-state index in [-0.39, 0.29) is 17.2 Å². The van der Waals surface area contributed by atoms with Crippen LogP contribution in [0.15, 0.2) is 42.7 Å². The summed E-state index contributed by atoms with van der Waals surface area (Å²) >= 11 is 0. The molecule has 0 aliphatic rings. The molecule has 4 nitrogen and oxygen atoms in total. The van der Waals surface area contributed by atoms with Gasteiger partial charge in [0.1, 0.15) is 5.75 Å². The minimum Gasteiger partial charge on any atom is -0.507 e. The van der Waals surface area contributed by atoms with Crippen LogP contribution in [0.4, 0.5) is 0 Å². The molecule has 0 spiro atoms. The van der Waals surface area contributed by atoms with Crippen molar-refractivity contribution in [3.63, 3.8) is 0 Å². The zero-order valence-corrected chi connectivity index (χ0v) is 10.1. The van der Waals surface area contributed by atoms with Crippen molar-refractivity contribution in [2.75, 3.05) is 0 Å². The minimum absolute atomic E-state index is 0.00206. The lowest BCUT2D eigenvalue weighted by Gasteiger charge is -2.07. The van der Waals surface area contributed by atoms with Gasteiger partial charge in [0.25, 0.3) is 5.91 Å². The minimum atomic E-state index is -0.288. The predicted molar refractivity (Wildman–Crippen MR) is 68.3 cm³/mol. The Kier molecular flexibility index (Phi) is 3.57. The number of phenolic OH excluding ortho intramolecular Hbond substituents is 1. The maximum absolute atomic E-state index is 11.9. The van der Waals surface area contributed by atoms with Gasteiger partial charge in [-0.3, -0.25) is 9.78 Å². The number of nitrogens with zero attached hydrogens (tertiary/aromatic N) is 1. The number of pyridine rings is 1. The molecule has 0 saturated carbocycles. The number of benzene rings is 1. The molecule has 18 heavy (non-hydrogen) atoms. The van der Waals surface area contributed by atoms with Gasteiger partial charge in [-0.1, -0.05) is 6.07 Å². The van der Waals surface area contributed by atoms with Gasteiger partial charge >= 0.3 is 0 Å². The number of carbonyl (C=O) groups excluding carboxylic acids is 1. The van der Waals surface area contributed by atoms with E-state index in [4.69, 9.17) is 0 Å². The molecule has 0 atom stereocenters. The maximum atomic E-state index is 11.9. The molecule has 1 amide bonds. The van der Waals surface area contributed by atoms with E-state index >= 15 is 0 Å². The van der Waals surface area contributed by atoms with Crippen molar-refractivity contribution < 1.29 is 9.90 Å². The van der Waals surface area contributed by atoms with Crippen molar-refractivity contribution in [1.29, 1.82) is 0 Å². The van der Waals surface area contributed by atoms with Crippen LogP contribution >= 0.6 is 0 Å². The van der Waals surface area contributed by atoms with Crippen molar-refractivity contribution in [1.82, 2.24) is 10.3 Å². The zero-order chi connectivity index (χ0) is 13.0. The number of carbonyl (C=O) groups is 1. The van der Waals surface area contributed by atoms with Crippen molar-refractivity contribution in [2.24, 2.45) is 0 Å². The summed E-state index contributed by atoms with van der Waals surface area (Å²) in [5.41, 5.74) is 2.16. The molecule has 0 aliphatic heterocycles. The Morgan fingerprint density at radius 1 is 1.28 bits per heavy atom. The molecular weight excluding hydrogens is 228 g/mol. The van der Waals surface area contributed by atoms with Crippen LogP contribution in [0.25, 0.3) is 0 Å². The number of nitrogens with one attached hydrogen (secondary N) is 1. The second-order valence-corrected chi connectivity index (χ2v) is 4.06. The second kappa shape index (κ2) is 5.31. The van der Waals surface area contributed by atoms with Crippen LogP contribution in [0, 0.1) is 6.92 Å². The molecule has 0 aliphatic carbocycles. The molecule has 0 fully saturated rings. The van der Waals surface area contributed by atoms with Gasteiger partial charge in [0.2, 0.25) is 0 Å². The van der Waals surface area contributed by atoms with Crippen LogP contribution in [-0.4, -0.2) is 16.0 Å². The Morgan fingerprint density at radius 2 is 2.00 bits per heavy atom. The second-order valence-electron chi connectivity index (χ2n) is 4.06. The first-order valence-corrected chi connectivity index (χ1v) is 5.63. The first kappa shape index (κ1) is 12.1. The average Bonchev–Trinajstić information content (AvgIpc) is 2.37. The molecule has 0 unspecified atom stereocenters. The smallest absolute Gasteiger partial charge is 0.255 e. The fourth-order valence-corrected chi connectivity index (χ4v) is 1.61. The van der Waals surface area contributed by atoms with E-state index in [9.17, 15) is 9.90 Å². The van der Waals surface area contributed by atoms with Gasteiger partial charge in [-0.2, -0.15) is 0 Å². The highest BCUT2D eigenvalue weighted by molar-refractivity contribution is 5.96. The van der Waals surface area contributed by atoms with E-state index in [1.54, 1.807) is 30.6 Å². The SMILES string of the molecule is Cc1ccc(C(=O)NCc2ccncc2)c(O)c1. The standard InChI is InChI=1S/C14H14N2O2/c1-10-2-3-12(13(17)8-10)14(18)16-9-11-4-6-15-7-5-11/h2-8,17H,9H2,1H3,(H,16,18). The number of rotatable bonds is 3. The van der Waals surface area contributed by atoms with Crippen molar-refractivity contribution in [3.8, 4) is 5.75 Å². The van der Waals surface area contributed by atoms with Crippen LogP contribution in [0.5, 0.6) is 5.75 Å². The number of aromatic hydroxyl groups is 1. The molecule has 0 radical (unpaired) electrons. The van der Waals surface area contributed by atoms with E-state index in [1.165, 1.54) is 0 Å². The number of hydrogen-bond donors (Lipinski definition) is 2. The molecule has 2 N–H and O–H groups in total. The highest BCUT2D eigenvalue weighted by Crippen LogP contribution is 2.18. The number of hydrogen-bond acceptors (Lipinski definition) is 3. The van der Waals surface area contributed by atoms with Gasteiger partial charge in [-0.15, -0.1) is 0 Å². The zero-order valence-electron chi connectivity index (χ0n) is 10.1. The summed E-state index contributed by atoms with van der Waals surface area (Å²) in [5, 5.41) is 12.4. The average molecular weight is 242 g/mol. The lowest BCUT2D eigenvalue weighted by Crippen LogP contribution is -2.22. The van der Waals surface area contributed by atoms with Crippen LogP contribution in [0.3, 0.4) is 0 Å². The molecule has 1 aromatic heterocycles. The molecule has 0 saturated heterocycles. The van der Waals surface area contributed by atoms with Gasteiger partial charge in [0.15, 0.2) is 0 Å². The Labute approximate surface area is 105 Å². The first-order valence-electron chi connectivity index (χ1n) is 5.63. The number of aryl methyl sites for hydroxylation is 1. The highest BCUT2D eigenvalue weighted by Gasteiger charge is 2.10. The number of phenols is 1. The fourth-order valence-electron chi connectivity index (χ4n) is 1.61. The lowest BCUT2D eigenvalue weighted by atomic mass is 10.1. The van der Waals surface area contributed by atoms with Crippen molar-refractivity contribution in [2.45, 2.75) is 13.5 Å². The summed E-state index contributed by atoms with van der Waals surface area (Å²) in [6.45, 7) is 2.27. The first-order chi connectivity index (χ1) is 8.66. The fraction of sp³-hybridized carbons (Fsp3) is 0.143. The van der Waals surface area contributed by atoms with E-state index in [2.05, 4.69) is 10.3 Å². The molecule has 2 rings (SSSR count). The Morgan fingerprint density at radius 3 is 2.67 bits per heavy atom. The highest BCUT2D eigenvalue weighted by atomic mass is 16.3. The van der Waals surface area contributed by atoms with Gasteiger partial charge in [-0.25, -0.2) is 0 Å². The van der Waals surface area contributed by atoms with Gasteiger partial charge in [0.05, 0.1) is 5.56 Å². The summed E-state index contributed by atoms with van der Waals surface area (Å²) in [4.78, 5) is 15.8. The molecule has 1 aromatic carbocycles. The molecule has 4 heteroatoms. The van der Waals surface area contributed by atoms with E-state index in [1.807, 2.05) is 19.1 Å². The van der Waals surface area contributed by atoms with Crippen LogP contribution < -0.4 is 5.32 Å². The van der Waals surface area contributed by atoms with Crippen LogP contribution in [-0.2, 0) is 6.54 Å². The number of amides is 1. The van der Waals surface area contributed by atoms with E-state index in [0.29, 0.717) is 6.54 Å². The van der Waals surface area contributed by atoms with Crippen molar-refractivity contribution >= 4 is 5.91 Å².